The van der Waals surface area contributed by atoms with Gasteiger partial charge in [-0.25, -0.2) is 4.79 Å². The summed E-state index contributed by atoms with van der Waals surface area (Å²) in [6.07, 6.45) is 0.917. The van der Waals surface area contributed by atoms with E-state index in [-0.39, 0.29) is 24.4 Å². The third kappa shape index (κ3) is 2.86. The molecule has 6 nitrogen and oxygen atoms in total. The van der Waals surface area contributed by atoms with Gasteiger partial charge < -0.3 is 20.0 Å². The van der Waals surface area contributed by atoms with Crippen LogP contribution in [0.4, 0.5) is 4.79 Å². The molecule has 3 atom stereocenters. The highest BCUT2D eigenvalue weighted by atomic mass is 16.4. The molecule has 0 aromatic heterocycles. The summed E-state index contributed by atoms with van der Waals surface area (Å²) in [4.78, 5) is 27.5. The standard InChI is InChI=1S/C15H26N2O4/c1-10(2)15(13(19)20)5-7-17(9-15)14(21)16-6-4-12(8-16)11(3)18/h10-12,18H,4-9H2,1-3H3,(H,19,20). The summed E-state index contributed by atoms with van der Waals surface area (Å²) in [6.45, 7) is 7.56. The third-order valence-corrected chi connectivity index (χ3v) is 5.28. The van der Waals surface area contributed by atoms with Crippen molar-refractivity contribution in [3.8, 4) is 0 Å². The first-order valence-electron chi connectivity index (χ1n) is 7.73. The summed E-state index contributed by atoms with van der Waals surface area (Å²) in [5.41, 5.74) is -0.820. The first-order chi connectivity index (χ1) is 9.78. The molecule has 0 bridgehead atoms. The van der Waals surface area contributed by atoms with E-state index >= 15 is 0 Å². The van der Waals surface area contributed by atoms with Gasteiger partial charge in [-0.15, -0.1) is 0 Å². The molecule has 0 aliphatic carbocycles. The van der Waals surface area contributed by atoms with E-state index in [1.165, 1.54) is 0 Å². The van der Waals surface area contributed by atoms with Crippen LogP contribution in [0.15, 0.2) is 0 Å². The Morgan fingerprint density at radius 3 is 2.29 bits per heavy atom. The number of hydrogen-bond acceptors (Lipinski definition) is 3. The normalized spacial score (nSPS) is 31.0. The first-order valence-corrected chi connectivity index (χ1v) is 7.73. The largest absolute Gasteiger partial charge is 0.481 e. The van der Waals surface area contributed by atoms with Crippen LogP contribution in [0.2, 0.25) is 0 Å². The fourth-order valence-corrected chi connectivity index (χ4v) is 3.44. The predicted octanol–water partition coefficient (Wildman–Crippen LogP) is 1.24. The lowest BCUT2D eigenvalue weighted by atomic mass is 9.76. The second kappa shape index (κ2) is 5.83. The number of nitrogens with zero attached hydrogens (tertiary/aromatic N) is 2. The highest BCUT2D eigenvalue weighted by molar-refractivity contribution is 5.80. The molecule has 0 radical (unpaired) electrons. The fourth-order valence-electron chi connectivity index (χ4n) is 3.44. The molecule has 0 aromatic carbocycles. The molecule has 0 aromatic rings. The van der Waals surface area contributed by atoms with E-state index in [4.69, 9.17) is 0 Å². The second-order valence-electron chi connectivity index (χ2n) is 6.81. The number of likely N-dealkylation sites (tertiary alicyclic amines) is 2. The molecule has 2 aliphatic heterocycles. The lowest BCUT2D eigenvalue weighted by molar-refractivity contribution is -0.150. The number of hydrogen-bond donors (Lipinski definition) is 2. The first kappa shape index (κ1) is 16.1. The van der Waals surface area contributed by atoms with Crippen LogP contribution in [0.5, 0.6) is 0 Å². The van der Waals surface area contributed by atoms with E-state index < -0.39 is 17.5 Å². The third-order valence-electron chi connectivity index (χ3n) is 5.28. The number of urea groups is 1. The minimum atomic E-state index is -0.820. The molecule has 0 spiro atoms. The van der Waals surface area contributed by atoms with Crippen LogP contribution in [-0.4, -0.2) is 64.3 Å². The Kier molecular flexibility index (Phi) is 4.46. The molecule has 2 fully saturated rings. The molecular weight excluding hydrogens is 272 g/mol. The topological polar surface area (TPSA) is 81.1 Å². The Hall–Kier alpha value is -1.30. The molecule has 2 N–H and O–H groups in total. The zero-order chi connectivity index (χ0) is 15.8. The molecule has 2 heterocycles. The van der Waals surface area contributed by atoms with E-state index in [0.29, 0.717) is 26.1 Å². The average molecular weight is 298 g/mol. The van der Waals surface area contributed by atoms with E-state index in [1.807, 2.05) is 13.8 Å². The zero-order valence-corrected chi connectivity index (χ0v) is 13.1. The number of carboxylic acid groups (broad SMARTS) is 1. The van der Waals surface area contributed by atoms with Gasteiger partial charge in [-0.05, 0) is 25.7 Å². The number of carbonyl (C=O) groups is 2. The van der Waals surface area contributed by atoms with Crippen molar-refractivity contribution < 1.29 is 19.8 Å². The second-order valence-corrected chi connectivity index (χ2v) is 6.81. The molecule has 2 rings (SSSR count). The summed E-state index contributed by atoms with van der Waals surface area (Å²) in [6, 6.07) is -0.0816. The van der Waals surface area contributed by atoms with Gasteiger partial charge in [0.25, 0.3) is 0 Å². The minimum Gasteiger partial charge on any atom is -0.481 e. The van der Waals surface area contributed by atoms with Crippen LogP contribution in [0, 0.1) is 17.3 Å². The molecule has 2 saturated heterocycles. The number of aliphatic carboxylic acids is 1. The van der Waals surface area contributed by atoms with Crippen molar-refractivity contribution in [1.82, 2.24) is 9.80 Å². The van der Waals surface area contributed by atoms with Gasteiger partial charge in [-0.2, -0.15) is 0 Å². The van der Waals surface area contributed by atoms with Crippen LogP contribution < -0.4 is 0 Å². The summed E-state index contributed by atoms with van der Waals surface area (Å²) in [7, 11) is 0. The summed E-state index contributed by atoms with van der Waals surface area (Å²) >= 11 is 0. The maximum atomic E-state index is 12.5. The molecular formula is C15H26N2O4. The number of rotatable bonds is 3. The average Bonchev–Trinajstić information content (AvgIpc) is 3.06. The van der Waals surface area contributed by atoms with Crippen molar-refractivity contribution in [2.75, 3.05) is 26.2 Å². The predicted molar refractivity (Wildman–Crippen MR) is 77.9 cm³/mol. The van der Waals surface area contributed by atoms with Gasteiger partial charge in [0.05, 0.1) is 11.5 Å². The molecule has 0 saturated carbocycles. The van der Waals surface area contributed by atoms with Gasteiger partial charge in [0, 0.05) is 32.1 Å². The fraction of sp³-hybridized carbons (Fsp3) is 0.867. The van der Waals surface area contributed by atoms with Crippen molar-refractivity contribution in [2.45, 2.75) is 39.7 Å². The smallest absolute Gasteiger partial charge is 0.320 e. The maximum Gasteiger partial charge on any atom is 0.320 e. The van der Waals surface area contributed by atoms with Gasteiger partial charge >= 0.3 is 12.0 Å². The quantitative estimate of drug-likeness (QED) is 0.821. The van der Waals surface area contributed by atoms with E-state index in [9.17, 15) is 19.8 Å². The van der Waals surface area contributed by atoms with E-state index in [2.05, 4.69) is 0 Å². The number of carboxylic acids is 1. The summed E-state index contributed by atoms with van der Waals surface area (Å²) in [5.74, 6) is -0.682. The number of amides is 2. The van der Waals surface area contributed by atoms with Gasteiger partial charge in [-0.1, -0.05) is 13.8 Å². The molecule has 21 heavy (non-hydrogen) atoms. The SMILES string of the molecule is CC(O)C1CCN(C(=O)N2CCC(C(=O)O)(C(C)C)C2)C1. The van der Waals surface area contributed by atoms with E-state index in [1.54, 1.807) is 16.7 Å². The van der Waals surface area contributed by atoms with Crippen LogP contribution in [-0.2, 0) is 4.79 Å². The Morgan fingerprint density at radius 1 is 1.19 bits per heavy atom. The van der Waals surface area contributed by atoms with Crippen LogP contribution in [0.25, 0.3) is 0 Å². The lowest BCUT2D eigenvalue weighted by Gasteiger charge is -2.30. The summed E-state index contributed by atoms with van der Waals surface area (Å²) < 4.78 is 0. The van der Waals surface area contributed by atoms with Crippen molar-refractivity contribution in [1.29, 1.82) is 0 Å². The van der Waals surface area contributed by atoms with Gasteiger partial charge in [0.2, 0.25) is 0 Å². The van der Waals surface area contributed by atoms with Crippen molar-refractivity contribution in [2.24, 2.45) is 17.3 Å². The lowest BCUT2D eigenvalue weighted by Crippen LogP contribution is -2.45. The van der Waals surface area contributed by atoms with Crippen LogP contribution in [0.1, 0.15) is 33.6 Å². The molecule has 3 unspecified atom stereocenters. The Bertz CT molecular complexity index is 424. The van der Waals surface area contributed by atoms with Crippen molar-refractivity contribution in [3.63, 3.8) is 0 Å². The Balaban J connectivity index is 2.01. The monoisotopic (exact) mass is 298 g/mol. The zero-order valence-electron chi connectivity index (χ0n) is 13.1. The molecule has 6 heteroatoms. The summed E-state index contributed by atoms with van der Waals surface area (Å²) in [5, 5.41) is 19.1. The van der Waals surface area contributed by atoms with Gasteiger partial charge in [-0.3, -0.25) is 4.79 Å². The van der Waals surface area contributed by atoms with Crippen molar-refractivity contribution >= 4 is 12.0 Å². The number of aliphatic hydroxyl groups is 1. The molecule has 2 aliphatic rings. The van der Waals surface area contributed by atoms with Crippen LogP contribution in [0.3, 0.4) is 0 Å². The van der Waals surface area contributed by atoms with E-state index in [0.717, 1.165) is 6.42 Å². The highest BCUT2D eigenvalue weighted by Crippen LogP contribution is 2.38. The maximum absolute atomic E-state index is 12.5. The Morgan fingerprint density at radius 2 is 1.86 bits per heavy atom. The number of aliphatic hydroxyl groups excluding tert-OH is 1. The molecule has 120 valence electrons. The van der Waals surface area contributed by atoms with Gasteiger partial charge in [0.15, 0.2) is 0 Å². The van der Waals surface area contributed by atoms with Gasteiger partial charge in [0.1, 0.15) is 0 Å². The number of carbonyl (C=O) groups excluding carboxylic acids is 1. The van der Waals surface area contributed by atoms with Crippen LogP contribution >= 0.6 is 0 Å². The van der Waals surface area contributed by atoms with Crippen molar-refractivity contribution in [3.05, 3.63) is 0 Å². The Labute approximate surface area is 125 Å². The minimum absolute atomic E-state index is 0.00316. The highest BCUT2D eigenvalue weighted by Gasteiger charge is 2.49. The molecule has 2 amide bonds.